The van der Waals surface area contributed by atoms with Gasteiger partial charge in [-0.05, 0) is 83.5 Å². The maximum atomic E-state index is 12.6. The van der Waals surface area contributed by atoms with E-state index in [1.54, 1.807) is 0 Å². The molecule has 0 aliphatic rings. The van der Waals surface area contributed by atoms with Gasteiger partial charge in [0, 0.05) is 19.4 Å². The number of allylic oxidation sites excluding steroid dienone is 18. The zero-order valence-corrected chi connectivity index (χ0v) is 36.2. The van der Waals surface area contributed by atoms with E-state index < -0.39 is 32.5 Å². The summed E-state index contributed by atoms with van der Waals surface area (Å²) in [5.41, 5.74) is 5.34. The number of esters is 2. The molecular formula is C47H76NO8P. The summed E-state index contributed by atoms with van der Waals surface area (Å²) >= 11 is 0. The molecule has 0 spiro atoms. The molecule has 3 N–H and O–H groups in total. The molecule has 0 radical (unpaired) electrons. The summed E-state index contributed by atoms with van der Waals surface area (Å²) in [6.45, 7) is 3.43. The Balaban J connectivity index is 4.40. The molecule has 0 amide bonds. The second kappa shape index (κ2) is 42.3. The van der Waals surface area contributed by atoms with E-state index in [0.29, 0.717) is 19.3 Å². The number of phosphoric acid groups is 1. The van der Waals surface area contributed by atoms with E-state index in [0.717, 1.165) is 57.8 Å². The fourth-order valence-corrected chi connectivity index (χ4v) is 5.79. The third-order valence-electron chi connectivity index (χ3n) is 8.16. The molecule has 0 bridgehead atoms. The normalized spacial score (nSPS) is 14.4. The van der Waals surface area contributed by atoms with Gasteiger partial charge in [-0.15, -0.1) is 0 Å². The first-order valence-corrected chi connectivity index (χ1v) is 22.9. The van der Waals surface area contributed by atoms with Crippen LogP contribution in [0.15, 0.2) is 109 Å². The average molecular weight is 814 g/mol. The summed E-state index contributed by atoms with van der Waals surface area (Å²) < 4.78 is 32.6. The van der Waals surface area contributed by atoms with E-state index in [1.807, 2.05) is 18.2 Å². The molecule has 0 saturated carbocycles. The first-order valence-electron chi connectivity index (χ1n) is 21.4. The fourth-order valence-electron chi connectivity index (χ4n) is 5.03. The molecule has 10 heteroatoms. The van der Waals surface area contributed by atoms with Crippen LogP contribution >= 0.6 is 7.82 Å². The van der Waals surface area contributed by atoms with E-state index in [1.165, 1.54) is 38.5 Å². The molecule has 0 heterocycles. The second-order valence-corrected chi connectivity index (χ2v) is 14.9. The lowest BCUT2D eigenvalue weighted by atomic mass is 10.1. The number of rotatable bonds is 38. The van der Waals surface area contributed by atoms with Crippen LogP contribution in [0.4, 0.5) is 0 Å². The van der Waals surface area contributed by atoms with Gasteiger partial charge in [-0.1, -0.05) is 155 Å². The van der Waals surface area contributed by atoms with E-state index >= 15 is 0 Å². The Kier molecular flexibility index (Phi) is 39.8. The molecule has 0 rings (SSSR count). The van der Waals surface area contributed by atoms with E-state index in [9.17, 15) is 19.0 Å². The van der Waals surface area contributed by atoms with Gasteiger partial charge in [-0.3, -0.25) is 18.6 Å². The van der Waals surface area contributed by atoms with Crippen LogP contribution in [0.3, 0.4) is 0 Å². The second-order valence-electron chi connectivity index (χ2n) is 13.5. The summed E-state index contributed by atoms with van der Waals surface area (Å²) in [7, 11) is -4.41. The Morgan fingerprint density at radius 1 is 0.544 bits per heavy atom. The average Bonchev–Trinajstić information content (AvgIpc) is 3.20. The minimum Gasteiger partial charge on any atom is -0.462 e. The largest absolute Gasteiger partial charge is 0.472 e. The van der Waals surface area contributed by atoms with Crippen LogP contribution in [0.5, 0.6) is 0 Å². The smallest absolute Gasteiger partial charge is 0.462 e. The highest BCUT2D eigenvalue weighted by molar-refractivity contribution is 7.47. The van der Waals surface area contributed by atoms with Gasteiger partial charge in [0.2, 0.25) is 0 Å². The molecule has 0 aromatic carbocycles. The highest BCUT2D eigenvalue weighted by Crippen LogP contribution is 2.43. The quantitative estimate of drug-likeness (QED) is 0.0270. The minimum absolute atomic E-state index is 0.0299. The zero-order chi connectivity index (χ0) is 41.8. The molecule has 0 aromatic rings. The summed E-state index contributed by atoms with van der Waals surface area (Å²) in [6.07, 6.45) is 55.7. The first kappa shape index (κ1) is 53.7. The molecule has 0 aliphatic carbocycles. The third-order valence-corrected chi connectivity index (χ3v) is 9.14. The molecule has 2 atom stereocenters. The lowest BCUT2D eigenvalue weighted by Crippen LogP contribution is -2.29. The van der Waals surface area contributed by atoms with Gasteiger partial charge in [0.25, 0.3) is 0 Å². The summed E-state index contributed by atoms with van der Waals surface area (Å²) in [4.78, 5) is 34.8. The Morgan fingerprint density at radius 3 is 1.51 bits per heavy atom. The lowest BCUT2D eigenvalue weighted by Gasteiger charge is -2.19. The fraction of sp³-hybridized carbons (Fsp3) is 0.574. The van der Waals surface area contributed by atoms with E-state index in [2.05, 4.69) is 105 Å². The highest BCUT2D eigenvalue weighted by Gasteiger charge is 2.25. The standard InChI is InChI=1S/C47H76NO8P/c1-3-5-7-9-11-13-15-17-19-21-22-24-25-27-29-31-33-35-37-39-46(49)53-43-45(44-55-57(51,52)54-42-41-48)56-47(50)40-38-36-34-32-30-28-26-23-20-18-16-14-12-10-8-6-4-2/h5,7,11,13,17-20,22,24,26-29,32-35,45H,3-4,6,8-10,12,14-16,21,23,25,30-31,36-44,48H2,1-2H3,(H,51,52)/b7-5-,13-11-,19-17-,20-18-,24-22-,28-26-,29-27-,34-32-,35-33-/t45-/m1/s1. The maximum absolute atomic E-state index is 12.6. The van der Waals surface area contributed by atoms with Crippen molar-refractivity contribution in [2.45, 2.75) is 148 Å². The minimum atomic E-state index is -4.41. The van der Waals surface area contributed by atoms with Crippen LogP contribution in [0.2, 0.25) is 0 Å². The van der Waals surface area contributed by atoms with Crippen LogP contribution < -0.4 is 5.73 Å². The van der Waals surface area contributed by atoms with Gasteiger partial charge in [0.1, 0.15) is 6.61 Å². The topological polar surface area (TPSA) is 134 Å². The van der Waals surface area contributed by atoms with Crippen LogP contribution in [-0.4, -0.2) is 49.3 Å². The highest BCUT2D eigenvalue weighted by atomic mass is 31.2. The van der Waals surface area contributed by atoms with Crippen molar-refractivity contribution < 1.29 is 37.6 Å². The van der Waals surface area contributed by atoms with Gasteiger partial charge in [-0.25, -0.2) is 4.57 Å². The number of carbonyl (C=O) groups excluding carboxylic acids is 2. The van der Waals surface area contributed by atoms with Gasteiger partial charge < -0.3 is 20.1 Å². The summed E-state index contributed by atoms with van der Waals surface area (Å²) in [5.74, 6) is -1.00. The van der Waals surface area contributed by atoms with Crippen LogP contribution in [0.25, 0.3) is 0 Å². The van der Waals surface area contributed by atoms with E-state index in [4.69, 9.17) is 24.3 Å². The predicted octanol–water partition coefficient (Wildman–Crippen LogP) is 12.4. The molecular weight excluding hydrogens is 737 g/mol. The third kappa shape index (κ3) is 42.1. The van der Waals surface area contributed by atoms with Crippen molar-refractivity contribution in [3.63, 3.8) is 0 Å². The van der Waals surface area contributed by atoms with E-state index in [-0.39, 0.29) is 32.6 Å². The SMILES string of the molecule is CC/C=C\C/C=C\C/C=C\C/C=C\C/C=C\C/C=C\CCC(=O)OC[C@H](COP(=O)(O)OCCN)OC(=O)CCC/C=C\C/C=C\C/C=C\CCCCCCCC. The van der Waals surface area contributed by atoms with Crippen molar-refractivity contribution in [2.24, 2.45) is 5.73 Å². The number of nitrogens with two attached hydrogens (primary N) is 1. The van der Waals surface area contributed by atoms with Crippen molar-refractivity contribution in [2.75, 3.05) is 26.4 Å². The lowest BCUT2D eigenvalue weighted by molar-refractivity contribution is -0.161. The molecule has 0 fully saturated rings. The molecule has 57 heavy (non-hydrogen) atoms. The number of ether oxygens (including phenoxy) is 2. The Bertz CT molecular complexity index is 1290. The Morgan fingerprint density at radius 2 is 1.00 bits per heavy atom. The number of phosphoric ester groups is 1. The predicted molar refractivity (Wildman–Crippen MR) is 238 cm³/mol. The monoisotopic (exact) mass is 814 g/mol. The number of carbonyl (C=O) groups is 2. The van der Waals surface area contributed by atoms with Crippen molar-refractivity contribution in [1.29, 1.82) is 0 Å². The van der Waals surface area contributed by atoms with Gasteiger partial charge in [0.15, 0.2) is 6.10 Å². The molecule has 0 aliphatic heterocycles. The molecule has 9 nitrogen and oxygen atoms in total. The van der Waals surface area contributed by atoms with Crippen molar-refractivity contribution in [1.82, 2.24) is 0 Å². The number of unbranched alkanes of at least 4 members (excludes halogenated alkanes) is 7. The Hall–Kier alpha value is -3.33. The molecule has 1 unspecified atom stereocenters. The van der Waals surface area contributed by atoms with Crippen LogP contribution in [0.1, 0.15) is 142 Å². The van der Waals surface area contributed by atoms with Crippen LogP contribution in [-0.2, 0) is 32.7 Å². The van der Waals surface area contributed by atoms with Crippen molar-refractivity contribution >= 4 is 19.8 Å². The van der Waals surface area contributed by atoms with Crippen molar-refractivity contribution in [3.8, 4) is 0 Å². The van der Waals surface area contributed by atoms with Gasteiger partial charge in [-0.2, -0.15) is 0 Å². The number of hydrogen-bond donors (Lipinski definition) is 2. The first-order chi connectivity index (χ1) is 27.8. The molecule has 0 aromatic heterocycles. The van der Waals surface area contributed by atoms with Gasteiger partial charge >= 0.3 is 19.8 Å². The Labute approximate surface area is 346 Å². The van der Waals surface area contributed by atoms with Crippen LogP contribution in [0, 0.1) is 0 Å². The molecule has 322 valence electrons. The maximum Gasteiger partial charge on any atom is 0.472 e. The molecule has 0 saturated heterocycles. The van der Waals surface area contributed by atoms with Gasteiger partial charge in [0.05, 0.1) is 13.2 Å². The number of hydrogen-bond acceptors (Lipinski definition) is 8. The summed E-state index contributed by atoms with van der Waals surface area (Å²) in [6, 6.07) is 0. The summed E-state index contributed by atoms with van der Waals surface area (Å²) in [5, 5.41) is 0. The zero-order valence-electron chi connectivity index (χ0n) is 35.3. The van der Waals surface area contributed by atoms with Crippen molar-refractivity contribution in [3.05, 3.63) is 109 Å².